The maximum absolute atomic E-state index is 12.5. The van der Waals surface area contributed by atoms with Crippen LogP contribution in [-0.4, -0.2) is 37.9 Å². The van der Waals surface area contributed by atoms with Crippen molar-refractivity contribution in [2.24, 2.45) is 0 Å². The largest absolute Gasteiger partial charge is 0.311 e. The Labute approximate surface area is 135 Å². The SMILES string of the molecule is CN(C1CC2CCC(C1)N2)S(=O)(=O)c1ccc(Cl)s1.Cl. The van der Waals surface area contributed by atoms with E-state index in [2.05, 4.69) is 5.32 Å². The lowest BCUT2D eigenvalue weighted by molar-refractivity contribution is 0.252. The molecule has 2 unspecified atom stereocenters. The number of hydrogen-bond acceptors (Lipinski definition) is 4. The normalized spacial score (nSPS) is 29.4. The lowest BCUT2D eigenvalue weighted by atomic mass is 10.0. The number of piperidine rings is 1. The third kappa shape index (κ3) is 3.00. The molecule has 2 aliphatic rings. The summed E-state index contributed by atoms with van der Waals surface area (Å²) < 4.78 is 27.5. The molecule has 20 heavy (non-hydrogen) atoms. The van der Waals surface area contributed by atoms with Crippen LogP contribution in [0, 0.1) is 0 Å². The van der Waals surface area contributed by atoms with Crippen LogP contribution in [0.25, 0.3) is 0 Å². The first-order valence-corrected chi connectivity index (χ1v) is 9.09. The Kier molecular flexibility index (Phi) is 5.04. The van der Waals surface area contributed by atoms with E-state index in [0.29, 0.717) is 20.6 Å². The highest BCUT2D eigenvalue weighted by atomic mass is 35.5. The highest BCUT2D eigenvalue weighted by Gasteiger charge is 2.39. The Morgan fingerprint density at radius 1 is 1.30 bits per heavy atom. The minimum Gasteiger partial charge on any atom is -0.311 e. The van der Waals surface area contributed by atoms with Crippen LogP contribution in [0.3, 0.4) is 0 Å². The molecule has 0 saturated carbocycles. The van der Waals surface area contributed by atoms with E-state index < -0.39 is 10.0 Å². The second kappa shape index (κ2) is 6.10. The average molecular weight is 357 g/mol. The van der Waals surface area contributed by atoms with Crippen molar-refractivity contribution in [3.8, 4) is 0 Å². The molecule has 0 radical (unpaired) electrons. The van der Waals surface area contributed by atoms with Crippen molar-refractivity contribution >= 4 is 45.4 Å². The fraction of sp³-hybridized carbons (Fsp3) is 0.667. The van der Waals surface area contributed by atoms with Gasteiger partial charge in [0.1, 0.15) is 4.21 Å². The molecule has 0 amide bonds. The molecule has 0 aromatic carbocycles. The van der Waals surface area contributed by atoms with Crippen LogP contribution in [0.15, 0.2) is 16.3 Å². The second-order valence-corrected chi connectivity index (χ2v) is 9.28. The van der Waals surface area contributed by atoms with Crippen LogP contribution in [-0.2, 0) is 10.0 Å². The summed E-state index contributed by atoms with van der Waals surface area (Å²) in [4.78, 5) is 0. The topological polar surface area (TPSA) is 49.4 Å². The smallest absolute Gasteiger partial charge is 0.252 e. The molecule has 2 aliphatic heterocycles. The van der Waals surface area contributed by atoms with Gasteiger partial charge >= 0.3 is 0 Å². The molecule has 2 bridgehead atoms. The monoisotopic (exact) mass is 356 g/mol. The molecule has 4 nitrogen and oxygen atoms in total. The fourth-order valence-electron chi connectivity index (χ4n) is 3.10. The average Bonchev–Trinajstić information content (AvgIpc) is 2.95. The van der Waals surface area contributed by atoms with Gasteiger partial charge in [-0.1, -0.05) is 11.6 Å². The van der Waals surface area contributed by atoms with Gasteiger partial charge in [-0.25, -0.2) is 8.42 Å². The lowest BCUT2D eigenvalue weighted by Crippen LogP contribution is -2.48. The molecule has 3 rings (SSSR count). The molecular formula is C12H18Cl2N2O2S2. The summed E-state index contributed by atoms with van der Waals surface area (Å²) in [6.07, 6.45) is 4.15. The number of thiophene rings is 1. The van der Waals surface area contributed by atoms with E-state index in [1.165, 1.54) is 12.8 Å². The second-order valence-electron chi connectivity index (χ2n) is 5.34. The first-order valence-electron chi connectivity index (χ1n) is 6.46. The van der Waals surface area contributed by atoms with E-state index >= 15 is 0 Å². The molecule has 0 aliphatic carbocycles. The van der Waals surface area contributed by atoms with Crippen LogP contribution in [0.2, 0.25) is 4.34 Å². The van der Waals surface area contributed by atoms with E-state index in [1.807, 2.05) is 0 Å². The molecule has 2 atom stereocenters. The number of halogens is 2. The third-order valence-electron chi connectivity index (χ3n) is 4.14. The molecule has 1 N–H and O–H groups in total. The Hall–Kier alpha value is 0.150. The number of nitrogens with zero attached hydrogens (tertiary/aromatic N) is 1. The van der Waals surface area contributed by atoms with Gasteiger partial charge in [0, 0.05) is 25.2 Å². The van der Waals surface area contributed by atoms with Gasteiger partial charge in [-0.2, -0.15) is 4.31 Å². The van der Waals surface area contributed by atoms with Crippen LogP contribution >= 0.6 is 35.3 Å². The molecule has 114 valence electrons. The van der Waals surface area contributed by atoms with Gasteiger partial charge in [0.05, 0.1) is 4.34 Å². The van der Waals surface area contributed by atoms with Gasteiger partial charge in [-0.3, -0.25) is 0 Å². The number of nitrogens with one attached hydrogen (secondary N) is 1. The van der Waals surface area contributed by atoms with Crippen LogP contribution in [0.1, 0.15) is 25.7 Å². The maximum Gasteiger partial charge on any atom is 0.252 e. The summed E-state index contributed by atoms with van der Waals surface area (Å²) >= 11 is 6.96. The summed E-state index contributed by atoms with van der Waals surface area (Å²) in [5.41, 5.74) is 0. The van der Waals surface area contributed by atoms with Crippen molar-refractivity contribution in [1.82, 2.24) is 9.62 Å². The predicted octanol–water partition coefficient (Wildman–Crippen LogP) is 2.73. The lowest BCUT2D eigenvalue weighted by Gasteiger charge is -2.34. The zero-order chi connectivity index (χ0) is 13.6. The highest BCUT2D eigenvalue weighted by Crippen LogP contribution is 2.33. The Morgan fingerprint density at radius 3 is 2.40 bits per heavy atom. The molecule has 2 fully saturated rings. The number of fused-ring (bicyclic) bond motifs is 2. The number of rotatable bonds is 3. The summed E-state index contributed by atoms with van der Waals surface area (Å²) in [6, 6.07) is 4.29. The molecule has 0 spiro atoms. The summed E-state index contributed by atoms with van der Waals surface area (Å²) in [6.45, 7) is 0. The maximum atomic E-state index is 12.5. The van der Waals surface area contributed by atoms with Gasteiger partial charge in [-0.15, -0.1) is 23.7 Å². The van der Waals surface area contributed by atoms with Crippen molar-refractivity contribution < 1.29 is 8.42 Å². The van der Waals surface area contributed by atoms with Crippen LogP contribution in [0.4, 0.5) is 0 Å². The molecule has 1 aromatic rings. The predicted molar refractivity (Wildman–Crippen MR) is 84.5 cm³/mol. The van der Waals surface area contributed by atoms with Crippen molar-refractivity contribution in [2.75, 3.05) is 7.05 Å². The molecular weight excluding hydrogens is 339 g/mol. The van der Waals surface area contributed by atoms with Crippen molar-refractivity contribution in [3.05, 3.63) is 16.5 Å². The number of hydrogen-bond donors (Lipinski definition) is 1. The van der Waals surface area contributed by atoms with Crippen LogP contribution < -0.4 is 5.32 Å². The molecule has 8 heteroatoms. The summed E-state index contributed by atoms with van der Waals surface area (Å²) in [7, 11) is -1.70. The van der Waals surface area contributed by atoms with Crippen molar-refractivity contribution in [2.45, 2.75) is 48.0 Å². The standard InChI is InChI=1S/C12H17ClN2O2S2.ClH/c1-15(10-6-8-2-3-9(7-10)14-8)19(16,17)12-5-4-11(13)18-12;/h4-5,8-10,14H,2-3,6-7H2,1H3;1H. The van der Waals surface area contributed by atoms with Crippen molar-refractivity contribution in [3.63, 3.8) is 0 Å². The fourth-order valence-corrected chi connectivity index (χ4v) is 6.14. The van der Waals surface area contributed by atoms with Crippen molar-refractivity contribution in [1.29, 1.82) is 0 Å². The zero-order valence-corrected chi connectivity index (χ0v) is 14.3. The van der Waals surface area contributed by atoms with Gasteiger partial charge in [0.2, 0.25) is 0 Å². The first-order chi connectivity index (χ1) is 8.96. The zero-order valence-electron chi connectivity index (χ0n) is 11.1. The first kappa shape index (κ1) is 16.5. The van der Waals surface area contributed by atoms with Gasteiger partial charge < -0.3 is 5.32 Å². The Balaban J connectivity index is 0.00000147. The van der Waals surface area contributed by atoms with Gasteiger partial charge in [0.15, 0.2) is 0 Å². The van der Waals surface area contributed by atoms with E-state index in [-0.39, 0.29) is 18.4 Å². The van der Waals surface area contributed by atoms with Crippen LogP contribution in [0.5, 0.6) is 0 Å². The van der Waals surface area contributed by atoms with E-state index in [9.17, 15) is 8.42 Å². The summed E-state index contributed by atoms with van der Waals surface area (Å²) in [5, 5.41) is 3.53. The molecule has 1 aromatic heterocycles. The molecule has 3 heterocycles. The van der Waals surface area contributed by atoms with Gasteiger partial charge in [-0.05, 0) is 37.8 Å². The number of sulfonamides is 1. The van der Waals surface area contributed by atoms with E-state index in [0.717, 1.165) is 24.2 Å². The Morgan fingerprint density at radius 2 is 1.90 bits per heavy atom. The van der Waals surface area contributed by atoms with Gasteiger partial charge in [0.25, 0.3) is 10.0 Å². The minimum absolute atomic E-state index is 0. The quantitative estimate of drug-likeness (QED) is 0.905. The highest BCUT2D eigenvalue weighted by molar-refractivity contribution is 7.91. The van der Waals surface area contributed by atoms with E-state index in [1.54, 1.807) is 23.5 Å². The third-order valence-corrected chi connectivity index (χ3v) is 7.75. The summed E-state index contributed by atoms with van der Waals surface area (Å²) in [5.74, 6) is 0. The Bertz CT molecular complexity index is 564. The minimum atomic E-state index is -3.40. The van der Waals surface area contributed by atoms with E-state index in [4.69, 9.17) is 11.6 Å². The molecule has 2 saturated heterocycles.